The molecule has 4 aliphatic rings. The molecule has 0 heterocycles. The maximum Gasteiger partial charge on any atom is -0.00853 e. The molecule has 6 atom stereocenters. The molecule has 0 spiro atoms. The maximum atomic E-state index is 2.63. The van der Waals surface area contributed by atoms with Gasteiger partial charge in [-0.05, 0) is 86.4 Å². The van der Waals surface area contributed by atoms with Crippen molar-refractivity contribution in [2.24, 2.45) is 35.0 Å². The Bertz CT molecular complexity index is 399. The third-order valence-electron chi connectivity index (χ3n) is 7.70. The largest absolute Gasteiger partial charge is 0.412 e. The van der Waals surface area contributed by atoms with Gasteiger partial charge in [0.2, 0.25) is 0 Å². The molecule has 0 saturated heterocycles. The molecule has 4 aliphatic carbocycles. The van der Waals surface area contributed by atoms with Crippen molar-refractivity contribution < 1.29 is 5.48 Å². The van der Waals surface area contributed by atoms with Gasteiger partial charge in [0, 0.05) is 0 Å². The normalized spacial score (nSPS) is 50.3. The van der Waals surface area contributed by atoms with Gasteiger partial charge in [0.25, 0.3) is 0 Å². The van der Waals surface area contributed by atoms with Crippen LogP contribution in [-0.2, 0) is 0 Å². The van der Waals surface area contributed by atoms with Crippen LogP contribution in [0.1, 0.15) is 71.6 Å². The lowest BCUT2D eigenvalue weighted by atomic mass is 9.50. The smallest absolute Gasteiger partial charge is 0.00853 e. The van der Waals surface area contributed by atoms with Crippen molar-refractivity contribution in [3.8, 4) is 0 Å². The van der Waals surface area contributed by atoms with Gasteiger partial charge in [-0.3, -0.25) is 0 Å². The van der Waals surface area contributed by atoms with E-state index in [2.05, 4.69) is 19.9 Å². The van der Waals surface area contributed by atoms with Gasteiger partial charge in [0.05, 0.1) is 0 Å². The average molecular weight is 276 g/mol. The van der Waals surface area contributed by atoms with Gasteiger partial charge in [0.1, 0.15) is 0 Å². The number of rotatable bonds is 0. The van der Waals surface area contributed by atoms with E-state index >= 15 is 0 Å². The molecule has 4 rings (SSSR count). The van der Waals surface area contributed by atoms with Crippen molar-refractivity contribution in [1.29, 1.82) is 0 Å². The Balaban J connectivity index is 0.00000121. The zero-order chi connectivity index (χ0) is 13.0. The van der Waals surface area contributed by atoms with Crippen LogP contribution in [0.5, 0.6) is 0 Å². The number of fused-ring (bicyclic) bond motifs is 5. The van der Waals surface area contributed by atoms with E-state index in [4.69, 9.17) is 0 Å². The molecule has 0 radical (unpaired) electrons. The third-order valence-corrected chi connectivity index (χ3v) is 7.70. The van der Waals surface area contributed by atoms with Crippen LogP contribution in [0, 0.1) is 35.0 Å². The highest BCUT2D eigenvalue weighted by Gasteiger charge is 2.53. The third kappa shape index (κ3) is 1.92. The van der Waals surface area contributed by atoms with E-state index in [0.29, 0.717) is 5.41 Å². The van der Waals surface area contributed by atoms with E-state index < -0.39 is 0 Å². The van der Waals surface area contributed by atoms with Gasteiger partial charge in [-0.1, -0.05) is 31.9 Å². The Kier molecular flexibility index (Phi) is 3.77. The summed E-state index contributed by atoms with van der Waals surface area (Å²) in [5.41, 5.74) is 2.47. The van der Waals surface area contributed by atoms with Crippen molar-refractivity contribution in [1.82, 2.24) is 0 Å². The van der Waals surface area contributed by atoms with Crippen molar-refractivity contribution >= 4 is 0 Å². The SMILES string of the molecule is C[C@H]1CCC2C3CCC4=CCCC[C@]4(C)C3CCC21.O. The summed E-state index contributed by atoms with van der Waals surface area (Å²) >= 11 is 0. The zero-order valence-electron chi connectivity index (χ0n) is 13.3. The van der Waals surface area contributed by atoms with Crippen LogP contribution in [0.4, 0.5) is 0 Å². The monoisotopic (exact) mass is 276 g/mol. The van der Waals surface area contributed by atoms with Gasteiger partial charge in [-0.25, -0.2) is 0 Å². The first kappa shape index (κ1) is 14.6. The summed E-state index contributed by atoms with van der Waals surface area (Å²) in [5.74, 6) is 5.36. The van der Waals surface area contributed by atoms with E-state index in [9.17, 15) is 0 Å². The summed E-state index contributed by atoms with van der Waals surface area (Å²) < 4.78 is 0. The van der Waals surface area contributed by atoms with Crippen LogP contribution in [0.15, 0.2) is 11.6 Å². The molecule has 20 heavy (non-hydrogen) atoms. The van der Waals surface area contributed by atoms with E-state index in [1.54, 1.807) is 19.3 Å². The minimum atomic E-state index is 0. The summed E-state index contributed by atoms with van der Waals surface area (Å²) in [6, 6.07) is 0. The van der Waals surface area contributed by atoms with Gasteiger partial charge in [0.15, 0.2) is 0 Å². The van der Waals surface area contributed by atoms with E-state index in [1.807, 2.05) is 5.57 Å². The summed E-state index contributed by atoms with van der Waals surface area (Å²) in [6.45, 7) is 5.16. The highest BCUT2D eigenvalue weighted by atomic mass is 16.0. The lowest BCUT2D eigenvalue weighted by Crippen LogP contribution is -2.46. The number of hydrogen-bond acceptors (Lipinski definition) is 0. The predicted octanol–water partition coefficient (Wildman–Crippen LogP) is 4.76. The fourth-order valence-corrected chi connectivity index (χ4v) is 6.70. The van der Waals surface area contributed by atoms with Crippen molar-refractivity contribution in [2.45, 2.75) is 71.6 Å². The number of allylic oxidation sites excluding steroid dienone is 2. The lowest BCUT2D eigenvalue weighted by molar-refractivity contribution is -0.00546. The molecule has 1 nitrogen and oxygen atoms in total. The molecule has 1 heteroatoms. The second-order valence-electron chi connectivity index (χ2n) is 8.31. The average Bonchev–Trinajstić information content (AvgIpc) is 2.80. The van der Waals surface area contributed by atoms with E-state index in [1.165, 1.54) is 38.5 Å². The van der Waals surface area contributed by atoms with Crippen LogP contribution in [0.25, 0.3) is 0 Å². The van der Waals surface area contributed by atoms with Crippen molar-refractivity contribution in [3.05, 3.63) is 11.6 Å². The van der Waals surface area contributed by atoms with Crippen LogP contribution in [-0.4, -0.2) is 5.48 Å². The quantitative estimate of drug-likeness (QED) is 0.571. The van der Waals surface area contributed by atoms with Crippen LogP contribution in [0.3, 0.4) is 0 Å². The predicted molar refractivity (Wildman–Crippen MR) is 84.5 cm³/mol. The molecule has 3 saturated carbocycles. The zero-order valence-corrected chi connectivity index (χ0v) is 13.3. The number of hydrogen-bond donors (Lipinski definition) is 0. The standard InChI is InChI=1S/C19H30.H2O/c1-13-6-8-16-15(13)10-11-18-17(16)9-7-14-5-3-4-12-19(14,18)2;/h5,13,15-18H,3-4,6-12H2,1-2H3;1H2/t13-,15?,16?,17?,18?,19-;/m0./s1. The molecule has 0 aromatic rings. The minimum Gasteiger partial charge on any atom is -0.412 e. The Morgan fingerprint density at radius 3 is 2.65 bits per heavy atom. The topological polar surface area (TPSA) is 31.5 Å². The highest BCUT2D eigenvalue weighted by molar-refractivity contribution is 5.22. The maximum absolute atomic E-state index is 2.63. The minimum absolute atomic E-state index is 0. The Hall–Kier alpha value is -0.300. The van der Waals surface area contributed by atoms with Crippen LogP contribution in [0.2, 0.25) is 0 Å². The van der Waals surface area contributed by atoms with Gasteiger partial charge >= 0.3 is 0 Å². The molecule has 0 bridgehead atoms. The fourth-order valence-electron chi connectivity index (χ4n) is 6.70. The Labute approximate surface area is 124 Å². The Morgan fingerprint density at radius 2 is 1.80 bits per heavy atom. The first-order valence-electron chi connectivity index (χ1n) is 8.89. The molecule has 114 valence electrons. The second-order valence-corrected chi connectivity index (χ2v) is 8.31. The van der Waals surface area contributed by atoms with Gasteiger partial charge < -0.3 is 5.48 Å². The summed E-state index contributed by atoms with van der Waals surface area (Å²) in [5, 5.41) is 0. The summed E-state index contributed by atoms with van der Waals surface area (Å²) in [7, 11) is 0. The van der Waals surface area contributed by atoms with Crippen LogP contribution < -0.4 is 0 Å². The summed E-state index contributed by atoms with van der Waals surface area (Å²) in [4.78, 5) is 0. The molecule has 4 unspecified atom stereocenters. The molecule has 3 fully saturated rings. The van der Waals surface area contributed by atoms with Crippen LogP contribution >= 0.6 is 0 Å². The second kappa shape index (κ2) is 5.16. The van der Waals surface area contributed by atoms with Gasteiger partial charge in [-0.15, -0.1) is 0 Å². The highest BCUT2D eigenvalue weighted by Crippen LogP contribution is 2.62. The van der Waals surface area contributed by atoms with E-state index in [0.717, 1.165) is 29.6 Å². The van der Waals surface area contributed by atoms with E-state index in [-0.39, 0.29) is 5.48 Å². The molecule has 0 aromatic heterocycles. The lowest BCUT2D eigenvalue weighted by Gasteiger charge is -2.55. The fraction of sp³-hybridized carbons (Fsp3) is 0.895. The molecule has 2 N–H and O–H groups in total. The molecular weight excluding hydrogens is 244 g/mol. The van der Waals surface area contributed by atoms with Crippen molar-refractivity contribution in [2.75, 3.05) is 0 Å². The molecule has 0 aliphatic heterocycles. The van der Waals surface area contributed by atoms with Gasteiger partial charge in [-0.2, -0.15) is 0 Å². The molecule has 0 aromatic carbocycles. The van der Waals surface area contributed by atoms with Crippen molar-refractivity contribution in [3.63, 3.8) is 0 Å². The first-order chi connectivity index (χ1) is 9.20. The molecular formula is C19H32O. The Morgan fingerprint density at radius 1 is 1.00 bits per heavy atom. The first-order valence-corrected chi connectivity index (χ1v) is 8.89. The molecule has 0 amide bonds. The summed E-state index contributed by atoms with van der Waals surface area (Å²) in [6.07, 6.45) is 16.1.